The standard InChI is InChI=1S/C19H18N2O5/c1-25-19(23)17-9-6-16(7-10-17)13-26-20-12-15-4-2-14(3-5-15)8-11-18(22)21-24/h2-12,24H,13H2,1H3,(H,21,22)/b11-8+,20-12?. The van der Waals surface area contributed by atoms with Crippen molar-refractivity contribution < 1.29 is 24.4 Å². The summed E-state index contributed by atoms with van der Waals surface area (Å²) in [6.45, 7) is 0.273. The first kappa shape index (κ1) is 18.9. The van der Waals surface area contributed by atoms with Crippen molar-refractivity contribution in [1.29, 1.82) is 0 Å². The molecular formula is C19H18N2O5. The van der Waals surface area contributed by atoms with Gasteiger partial charge in [-0.05, 0) is 34.9 Å². The monoisotopic (exact) mass is 354 g/mol. The third kappa shape index (κ3) is 5.88. The maximum atomic E-state index is 11.3. The Morgan fingerprint density at radius 2 is 1.73 bits per heavy atom. The van der Waals surface area contributed by atoms with E-state index in [0.29, 0.717) is 5.56 Å². The summed E-state index contributed by atoms with van der Waals surface area (Å²) >= 11 is 0. The predicted octanol–water partition coefficient (Wildman–Crippen LogP) is 2.54. The number of carbonyl (C=O) groups excluding carboxylic acids is 2. The molecule has 7 nitrogen and oxygen atoms in total. The lowest BCUT2D eigenvalue weighted by atomic mass is 10.1. The summed E-state index contributed by atoms with van der Waals surface area (Å²) in [6, 6.07) is 14.1. The van der Waals surface area contributed by atoms with Crippen LogP contribution in [0.4, 0.5) is 0 Å². The highest BCUT2D eigenvalue weighted by molar-refractivity contribution is 5.91. The lowest BCUT2D eigenvalue weighted by Crippen LogP contribution is -2.14. The maximum Gasteiger partial charge on any atom is 0.337 e. The van der Waals surface area contributed by atoms with Gasteiger partial charge in [0.25, 0.3) is 5.91 Å². The minimum absolute atomic E-state index is 0.273. The molecule has 0 aliphatic heterocycles. The van der Waals surface area contributed by atoms with Gasteiger partial charge in [-0.2, -0.15) is 0 Å². The predicted molar refractivity (Wildman–Crippen MR) is 95.6 cm³/mol. The summed E-state index contributed by atoms with van der Waals surface area (Å²) in [5.74, 6) is -0.977. The Labute approximate surface area is 150 Å². The average molecular weight is 354 g/mol. The van der Waals surface area contributed by atoms with E-state index in [0.717, 1.165) is 16.7 Å². The van der Waals surface area contributed by atoms with Crippen molar-refractivity contribution in [3.05, 3.63) is 76.9 Å². The molecule has 0 fully saturated rings. The van der Waals surface area contributed by atoms with Crippen LogP contribution in [-0.2, 0) is 21.0 Å². The molecule has 134 valence electrons. The van der Waals surface area contributed by atoms with Gasteiger partial charge in [0.15, 0.2) is 0 Å². The van der Waals surface area contributed by atoms with Gasteiger partial charge < -0.3 is 9.57 Å². The Hall–Kier alpha value is -3.45. The second kappa shape index (κ2) is 9.75. The largest absolute Gasteiger partial charge is 0.465 e. The highest BCUT2D eigenvalue weighted by atomic mass is 16.6. The average Bonchev–Trinajstić information content (AvgIpc) is 2.70. The first-order valence-electron chi connectivity index (χ1n) is 7.67. The van der Waals surface area contributed by atoms with Crippen LogP contribution >= 0.6 is 0 Å². The molecule has 2 N–H and O–H groups in total. The van der Waals surface area contributed by atoms with Gasteiger partial charge in [-0.3, -0.25) is 10.0 Å². The number of oxime groups is 1. The van der Waals surface area contributed by atoms with E-state index in [9.17, 15) is 9.59 Å². The van der Waals surface area contributed by atoms with Crippen LogP contribution in [0.15, 0.2) is 59.8 Å². The van der Waals surface area contributed by atoms with E-state index >= 15 is 0 Å². The smallest absolute Gasteiger partial charge is 0.337 e. The number of amides is 1. The highest BCUT2D eigenvalue weighted by Gasteiger charge is 2.04. The van der Waals surface area contributed by atoms with E-state index in [2.05, 4.69) is 9.89 Å². The Bertz CT molecular complexity index is 796. The molecule has 0 aromatic heterocycles. The molecule has 26 heavy (non-hydrogen) atoms. The maximum absolute atomic E-state index is 11.3. The Kier molecular flexibility index (Phi) is 7.08. The molecule has 0 aliphatic rings. The number of ether oxygens (including phenoxy) is 1. The van der Waals surface area contributed by atoms with Crippen LogP contribution in [0.2, 0.25) is 0 Å². The van der Waals surface area contributed by atoms with Gasteiger partial charge in [-0.25, -0.2) is 10.3 Å². The van der Waals surface area contributed by atoms with Crippen LogP contribution < -0.4 is 5.48 Å². The molecule has 0 saturated carbocycles. The fraction of sp³-hybridized carbons (Fsp3) is 0.105. The number of nitrogens with zero attached hydrogens (tertiary/aromatic N) is 1. The molecular weight excluding hydrogens is 336 g/mol. The van der Waals surface area contributed by atoms with Crippen molar-refractivity contribution >= 4 is 24.2 Å². The number of hydrogen-bond donors (Lipinski definition) is 2. The fourth-order valence-corrected chi connectivity index (χ4v) is 1.97. The Morgan fingerprint density at radius 3 is 2.35 bits per heavy atom. The number of benzene rings is 2. The fourth-order valence-electron chi connectivity index (χ4n) is 1.97. The summed E-state index contributed by atoms with van der Waals surface area (Å²) in [5, 5.41) is 12.3. The third-order valence-corrected chi connectivity index (χ3v) is 3.36. The van der Waals surface area contributed by atoms with E-state index in [1.54, 1.807) is 48.7 Å². The van der Waals surface area contributed by atoms with Crippen molar-refractivity contribution in [3.8, 4) is 0 Å². The van der Waals surface area contributed by atoms with Gasteiger partial charge in [0.1, 0.15) is 6.61 Å². The molecule has 7 heteroatoms. The first-order chi connectivity index (χ1) is 12.6. The van der Waals surface area contributed by atoms with Crippen LogP contribution in [0.25, 0.3) is 6.08 Å². The number of nitrogens with one attached hydrogen (secondary N) is 1. The molecule has 2 aromatic carbocycles. The van der Waals surface area contributed by atoms with Crippen molar-refractivity contribution in [2.45, 2.75) is 6.61 Å². The van der Waals surface area contributed by atoms with Gasteiger partial charge in [0.2, 0.25) is 0 Å². The number of hydroxylamine groups is 1. The minimum atomic E-state index is -0.594. The molecule has 0 aliphatic carbocycles. The zero-order valence-electron chi connectivity index (χ0n) is 14.1. The summed E-state index contributed by atoms with van der Waals surface area (Å²) in [7, 11) is 1.34. The summed E-state index contributed by atoms with van der Waals surface area (Å²) < 4.78 is 4.64. The molecule has 0 atom stereocenters. The molecule has 0 saturated heterocycles. The van der Waals surface area contributed by atoms with E-state index < -0.39 is 5.91 Å². The summed E-state index contributed by atoms with van der Waals surface area (Å²) in [5.41, 5.74) is 4.50. The molecule has 1 amide bonds. The van der Waals surface area contributed by atoms with Gasteiger partial charge in [-0.15, -0.1) is 0 Å². The van der Waals surface area contributed by atoms with Gasteiger partial charge in [0.05, 0.1) is 18.9 Å². The summed E-state index contributed by atoms with van der Waals surface area (Å²) in [6.07, 6.45) is 4.36. The van der Waals surface area contributed by atoms with Crippen LogP contribution in [0.1, 0.15) is 27.0 Å². The van der Waals surface area contributed by atoms with Crippen molar-refractivity contribution in [3.63, 3.8) is 0 Å². The molecule has 0 unspecified atom stereocenters. The highest BCUT2D eigenvalue weighted by Crippen LogP contribution is 2.08. The van der Waals surface area contributed by atoms with Crippen molar-refractivity contribution in [1.82, 2.24) is 5.48 Å². The second-order valence-corrected chi connectivity index (χ2v) is 5.17. The van der Waals surface area contributed by atoms with Crippen LogP contribution in [0.3, 0.4) is 0 Å². The number of carbonyl (C=O) groups is 2. The molecule has 2 aromatic rings. The molecule has 0 heterocycles. The van der Waals surface area contributed by atoms with Gasteiger partial charge in [-0.1, -0.05) is 41.6 Å². The number of methoxy groups -OCH3 is 1. The number of rotatable bonds is 7. The minimum Gasteiger partial charge on any atom is -0.465 e. The van der Waals surface area contributed by atoms with Crippen LogP contribution in [0.5, 0.6) is 0 Å². The zero-order valence-corrected chi connectivity index (χ0v) is 14.1. The SMILES string of the molecule is COC(=O)c1ccc(CON=Cc2ccc(/C=C/C(=O)NO)cc2)cc1. The van der Waals surface area contributed by atoms with E-state index in [1.165, 1.54) is 18.7 Å². The van der Waals surface area contributed by atoms with E-state index in [1.807, 2.05) is 12.1 Å². The normalized spacial score (nSPS) is 10.8. The number of hydrogen-bond acceptors (Lipinski definition) is 6. The number of esters is 1. The quantitative estimate of drug-likeness (QED) is 0.262. The lowest BCUT2D eigenvalue weighted by Gasteiger charge is -2.02. The Morgan fingerprint density at radius 1 is 1.08 bits per heavy atom. The van der Waals surface area contributed by atoms with Crippen molar-refractivity contribution in [2.75, 3.05) is 7.11 Å². The van der Waals surface area contributed by atoms with E-state index in [-0.39, 0.29) is 12.6 Å². The second-order valence-electron chi connectivity index (χ2n) is 5.17. The zero-order chi connectivity index (χ0) is 18.8. The van der Waals surface area contributed by atoms with Crippen molar-refractivity contribution in [2.24, 2.45) is 5.16 Å². The molecule has 2 rings (SSSR count). The van der Waals surface area contributed by atoms with Crippen LogP contribution in [0, 0.1) is 0 Å². The van der Waals surface area contributed by atoms with Gasteiger partial charge >= 0.3 is 5.97 Å². The topological polar surface area (TPSA) is 97.2 Å². The first-order valence-corrected chi connectivity index (χ1v) is 7.67. The van der Waals surface area contributed by atoms with E-state index in [4.69, 9.17) is 10.0 Å². The third-order valence-electron chi connectivity index (χ3n) is 3.36. The van der Waals surface area contributed by atoms with Crippen LogP contribution in [-0.4, -0.2) is 30.4 Å². The lowest BCUT2D eigenvalue weighted by molar-refractivity contribution is -0.124. The molecule has 0 bridgehead atoms. The molecule has 0 radical (unpaired) electrons. The van der Waals surface area contributed by atoms with Gasteiger partial charge in [0, 0.05) is 6.08 Å². The Balaban J connectivity index is 1.84. The molecule has 0 spiro atoms. The summed E-state index contributed by atoms with van der Waals surface area (Å²) in [4.78, 5) is 27.5.